The standard InChI is InChI=1S/C15H18Cl2N6O2/c1-8(6-25-2)21-13-12(18)14(20-7-19-13)22-23-15(24)10-4-3-9(16)5-11(10)17/h3-5,7-8H,6,18H2,1-2H3,(H,23,24)(H2,19,20,21,22). The molecule has 0 aliphatic carbocycles. The molecule has 5 N–H and O–H groups in total. The fourth-order valence-corrected chi connectivity index (χ4v) is 2.49. The highest BCUT2D eigenvalue weighted by molar-refractivity contribution is 6.36. The molecule has 2 rings (SSSR count). The number of amides is 1. The lowest BCUT2D eigenvalue weighted by molar-refractivity contribution is 0.0962. The average Bonchev–Trinajstić information content (AvgIpc) is 2.55. The molecule has 2 aromatic rings. The van der Waals surface area contributed by atoms with Gasteiger partial charge in [0, 0.05) is 18.2 Å². The Hall–Kier alpha value is -2.29. The topological polar surface area (TPSA) is 114 Å². The summed E-state index contributed by atoms with van der Waals surface area (Å²) in [5.41, 5.74) is 11.7. The maximum absolute atomic E-state index is 12.2. The number of aromatic nitrogens is 2. The highest BCUT2D eigenvalue weighted by Crippen LogP contribution is 2.23. The fraction of sp³-hybridized carbons (Fsp3) is 0.267. The molecule has 1 aromatic carbocycles. The minimum absolute atomic E-state index is 0.00230. The second-order valence-electron chi connectivity index (χ2n) is 5.19. The summed E-state index contributed by atoms with van der Waals surface area (Å²) < 4.78 is 5.05. The zero-order valence-electron chi connectivity index (χ0n) is 13.6. The van der Waals surface area contributed by atoms with Gasteiger partial charge in [0.05, 0.1) is 17.2 Å². The molecule has 8 nitrogen and oxygen atoms in total. The monoisotopic (exact) mass is 384 g/mol. The third kappa shape index (κ3) is 5.09. The van der Waals surface area contributed by atoms with E-state index >= 15 is 0 Å². The van der Waals surface area contributed by atoms with Crippen molar-refractivity contribution in [1.29, 1.82) is 0 Å². The molecule has 0 radical (unpaired) electrons. The molecule has 1 atom stereocenters. The molecule has 0 saturated carbocycles. The largest absolute Gasteiger partial charge is 0.393 e. The number of nitrogen functional groups attached to an aromatic ring is 1. The second-order valence-corrected chi connectivity index (χ2v) is 6.03. The van der Waals surface area contributed by atoms with Crippen LogP contribution >= 0.6 is 23.2 Å². The van der Waals surface area contributed by atoms with Crippen LogP contribution in [0, 0.1) is 0 Å². The summed E-state index contributed by atoms with van der Waals surface area (Å²) in [6, 6.07) is 4.57. The first-order valence-electron chi connectivity index (χ1n) is 7.29. The van der Waals surface area contributed by atoms with E-state index in [9.17, 15) is 4.79 Å². The van der Waals surface area contributed by atoms with Crippen LogP contribution in [0.5, 0.6) is 0 Å². The van der Waals surface area contributed by atoms with E-state index in [1.165, 1.54) is 18.5 Å². The van der Waals surface area contributed by atoms with Gasteiger partial charge in [-0.2, -0.15) is 0 Å². The van der Waals surface area contributed by atoms with Gasteiger partial charge in [0.2, 0.25) is 0 Å². The van der Waals surface area contributed by atoms with Crippen molar-refractivity contribution >= 4 is 46.4 Å². The molecule has 0 bridgehead atoms. The van der Waals surface area contributed by atoms with Crippen LogP contribution in [0.1, 0.15) is 17.3 Å². The predicted molar refractivity (Wildman–Crippen MR) is 99.0 cm³/mol. The van der Waals surface area contributed by atoms with Gasteiger partial charge in [0.1, 0.15) is 12.0 Å². The predicted octanol–water partition coefficient (Wildman–Crippen LogP) is 2.57. The van der Waals surface area contributed by atoms with Gasteiger partial charge >= 0.3 is 0 Å². The average molecular weight is 385 g/mol. The van der Waals surface area contributed by atoms with Crippen LogP contribution in [0.15, 0.2) is 24.5 Å². The fourth-order valence-electron chi connectivity index (χ4n) is 1.99. The number of anilines is 3. The lowest BCUT2D eigenvalue weighted by Gasteiger charge is -2.17. The molecule has 10 heteroatoms. The molecular formula is C15H18Cl2N6O2. The van der Waals surface area contributed by atoms with Gasteiger partial charge in [-0.3, -0.25) is 15.6 Å². The number of hydrazine groups is 1. The Bertz CT molecular complexity index is 759. The molecule has 0 spiro atoms. The third-order valence-electron chi connectivity index (χ3n) is 3.15. The van der Waals surface area contributed by atoms with Crippen LogP contribution in [0.4, 0.5) is 17.3 Å². The maximum atomic E-state index is 12.2. The van der Waals surface area contributed by atoms with E-state index in [1.807, 2.05) is 6.92 Å². The van der Waals surface area contributed by atoms with Gasteiger partial charge in [0.25, 0.3) is 5.91 Å². The van der Waals surface area contributed by atoms with E-state index < -0.39 is 5.91 Å². The Morgan fingerprint density at radius 2 is 2.04 bits per heavy atom. The first kappa shape index (κ1) is 19.0. The van der Waals surface area contributed by atoms with E-state index in [-0.39, 0.29) is 28.1 Å². The smallest absolute Gasteiger partial charge is 0.271 e. The van der Waals surface area contributed by atoms with Crippen molar-refractivity contribution in [3.63, 3.8) is 0 Å². The van der Waals surface area contributed by atoms with Crippen molar-refractivity contribution in [1.82, 2.24) is 15.4 Å². The zero-order chi connectivity index (χ0) is 18.4. The van der Waals surface area contributed by atoms with Gasteiger partial charge in [-0.25, -0.2) is 9.97 Å². The van der Waals surface area contributed by atoms with Crippen LogP contribution in [0.2, 0.25) is 10.0 Å². The number of carbonyl (C=O) groups excluding carboxylic acids is 1. The van der Waals surface area contributed by atoms with Gasteiger partial charge in [0.15, 0.2) is 11.6 Å². The van der Waals surface area contributed by atoms with Crippen LogP contribution in [0.25, 0.3) is 0 Å². The molecule has 0 saturated heterocycles. The molecule has 134 valence electrons. The molecule has 1 aromatic heterocycles. The number of ether oxygens (including phenoxy) is 1. The van der Waals surface area contributed by atoms with E-state index in [1.54, 1.807) is 13.2 Å². The van der Waals surface area contributed by atoms with Crippen molar-refractivity contribution in [3.8, 4) is 0 Å². The van der Waals surface area contributed by atoms with Gasteiger partial charge in [-0.05, 0) is 25.1 Å². The summed E-state index contributed by atoms with van der Waals surface area (Å²) >= 11 is 11.8. The van der Waals surface area contributed by atoms with Crippen LogP contribution in [-0.2, 0) is 4.74 Å². The number of hydrogen-bond donors (Lipinski definition) is 4. The number of rotatable bonds is 7. The number of hydrogen-bond acceptors (Lipinski definition) is 7. The van der Waals surface area contributed by atoms with Crippen molar-refractivity contribution in [2.24, 2.45) is 0 Å². The quantitative estimate of drug-likeness (QED) is 0.542. The highest BCUT2D eigenvalue weighted by atomic mass is 35.5. The van der Waals surface area contributed by atoms with E-state index in [2.05, 4.69) is 26.1 Å². The summed E-state index contributed by atoms with van der Waals surface area (Å²) in [6.07, 6.45) is 1.32. The van der Waals surface area contributed by atoms with Crippen LogP contribution in [0.3, 0.4) is 0 Å². The summed E-state index contributed by atoms with van der Waals surface area (Å²) in [4.78, 5) is 20.3. The molecular weight excluding hydrogens is 367 g/mol. The van der Waals surface area contributed by atoms with E-state index in [0.29, 0.717) is 17.4 Å². The number of methoxy groups -OCH3 is 1. The number of nitrogens with zero attached hydrogens (tertiary/aromatic N) is 2. The number of carbonyl (C=O) groups is 1. The number of nitrogens with one attached hydrogen (secondary N) is 3. The summed E-state index contributed by atoms with van der Waals surface area (Å²) in [7, 11) is 1.60. The Labute approximate surface area is 155 Å². The first-order valence-corrected chi connectivity index (χ1v) is 8.05. The highest BCUT2D eigenvalue weighted by Gasteiger charge is 2.13. The number of benzene rings is 1. The lowest BCUT2D eigenvalue weighted by atomic mass is 10.2. The van der Waals surface area contributed by atoms with E-state index in [0.717, 1.165) is 0 Å². The normalized spacial score (nSPS) is 11.7. The Morgan fingerprint density at radius 1 is 1.32 bits per heavy atom. The van der Waals surface area contributed by atoms with Gasteiger partial charge in [-0.1, -0.05) is 23.2 Å². The molecule has 25 heavy (non-hydrogen) atoms. The molecule has 1 amide bonds. The molecule has 0 aliphatic heterocycles. The van der Waals surface area contributed by atoms with E-state index in [4.69, 9.17) is 33.7 Å². The minimum atomic E-state index is -0.457. The first-order chi connectivity index (χ1) is 11.9. The molecule has 1 heterocycles. The Kier molecular flexibility index (Phi) is 6.63. The molecule has 0 aliphatic rings. The molecule has 0 fully saturated rings. The second kappa shape index (κ2) is 8.70. The van der Waals surface area contributed by atoms with Crippen LogP contribution in [-0.4, -0.2) is 35.6 Å². The van der Waals surface area contributed by atoms with Crippen molar-refractivity contribution < 1.29 is 9.53 Å². The summed E-state index contributed by atoms with van der Waals surface area (Å²) in [5, 5.41) is 3.77. The maximum Gasteiger partial charge on any atom is 0.271 e. The van der Waals surface area contributed by atoms with Crippen molar-refractivity contribution in [2.45, 2.75) is 13.0 Å². The molecule has 1 unspecified atom stereocenters. The van der Waals surface area contributed by atoms with Gasteiger partial charge in [-0.15, -0.1) is 0 Å². The van der Waals surface area contributed by atoms with Crippen LogP contribution < -0.4 is 21.9 Å². The zero-order valence-corrected chi connectivity index (χ0v) is 15.1. The van der Waals surface area contributed by atoms with Crippen molar-refractivity contribution in [2.75, 3.05) is 30.2 Å². The number of halogens is 2. The minimum Gasteiger partial charge on any atom is -0.393 e. The Balaban J connectivity index is 2.06. The third-order valence-corrected chi connectivity index (χ3v) is 3.70. The number of nitrogens with two attached hydrogens (primary N) is 1. The van der Waals surface area contributed by atoms with Gasteiger partial charge < -0.3 is 15.8 Å². The Morgan fingerprint density at radius 3 is 2.72 bits per heavy atom. The summed E-state index contributed by atoms with van der Waals surface area (Å²) in [6.45, 7) is 2.40. The SMILES string of the molecule is COCC(C)Nc1ncnc(NNC(=O)c2ccc(Cl)cc2Cl)c1N. The van der Waals surface area contributed by atoms with Crippen molar-refractivity contribution in [3.05, 3.63) is 40.1 Å². The summed E-state index contributed by atoms with van der Waals surface area (Å²) in [5.74, 6) is 0.225. The lowest BCUT2D eigenvalue weighted by Crippen LogP contribution is -2.31.